The molecule has 1 aromatic carbocycles. The summed E-state index contributed by atoms with van der Waals surface area (Å²) in [5, 5.41) is 0. The molecule has 1 aromatic rings. The van der Waals surface area contributed by atoms with Crippen LogP contribution in [0.3, 0.4) is 0 Å². The smallest absolute Gasteiger partial charge is 0.317 e. The predicted octanol–water partition coefficient (Wildman–Crippen LogP) is 3.83. The zero-order valence-electron chi connectivity index (χ0n) is 13.1. The molecule has 0 fully saturated rings. The molecule has 0 saturated carbocycles. The van der Waals surface area contributed by atoms with Crippen LogP contribution in [-0.4, -0.2) is 19.2 Å². The molecule has 1 rings (SSSR count). The van der Waals surface area contributed by atoms with Gasteiger partial charge < -0.3 is 9.47 Å². The summed E-state index contributed by atoms with van der Waals surface area (Å²) in [6, 6.07) is 6.09. The number of hydrogen-bond donors (Lipinski definition) is 0. The minimum absolute atomic E-state index is 0.286. The first-order chi connectivity index (χ1) is 9.84. The van der Waals surface area contributed by atoms with Crippen molar-refractivity contribution >= 4 is 5.97 Å². The molecule has 0 aliphatic rings. The lowest BCUT2D eigenvalue weighted by Gasteiger charge is -2.34. The quantitative estimate of drug-likeness (QED) is 0.566. The van der Waals surface area contributed by atoms with Crippen LogP contribution in [-0.2, 0) is 19.7 Å². The Morgan fingerprint density at radius 2 is 1.71 bits per heavy atom. The Balaban J connectivity index is 3.18. The van der Waals surface area contributed by atoms with Crippen molar-refractivity contribution in [3.63, 3.8) is 0 Å². The van der Waals surface area contributed by atoms with Crippen molar-refractivity contribution in [1.82, 2.24) is 0 Å². The molecule has 116 valence electrons. The predicted molar refractivity (Wildman–Crippen MR) is 80.3 cm³/mol. The Morgan fingerprint density at radius 1 is 1.19 bits per heavy atom. The van der Waals surface area contributed by atoms with Gasteiger partial charge in [0.2, 0.25) is 0 Å². The third kappa shape index (κ3) is 4.06. The van der Waals surface area contributed by atoms with Gasteiger partial charge in [-0.25, -0.2) is 4.39 Å². The highest BCUT2D eigenvalue weighted by atomic mass is 19.1. The maximum atomic E-state index is 13.1. The van der Waals surface area contributed by atoms with Crippen molar-refractivity contribution in [2.75, 3.05) is 13.2 Å². The Labute approximate surface area is 125 Å². The average Bonchev–Trinajstić information content (AvgIpc) is 2.39. The van der Waals surface area contributed by atoms with E-state index in [1.165, 1.54) is 12.1 Å². The Hall–Kier alpha value is -1.84. The lowest BCUT2D eigenvalue weighted by Crippen LogP contribution is -2.38. The van der Waals surface area contributed by atoms with Crippen LogP contribution in [0.2, 0.25) is 0 Å². The van der Waals surface area contributed by atoms with Crippen LogP contribution in [0.15, 0.2) is 36.6 Å². The molecule has 0 radical (unpaired) electrons. The van der Waals surface area contributed by atoms with Gasteiger partial charge in [0, 0.05) is 5.41 Å². The molecule has 1 unspecified atom stereocenters. The maximum absolute atomic E-state index is 13.1. The van der Waals surface area contributed by atoms with Gasteiger partial charge in [-0.05, 0) is 31.5 Å². The van der Waals surface area contributed by atoms with Crippen molar-refractivity contribution in [3.05, 3.63) is 48.0 Å². The van der Waals surface area contributed by atoms with Crippen LogP contribution in [0.1, 0.15) is 33.3 Å². The van der Waals surface area contributed by atoms with E-state index >= 15 is 0 Å². The largest absolute Gasteiger partial charge is 0.498 e. The molecule has 0 N–H and O–H groups in total. The van der Waals surface area contributed by atoms with Crippen LogP contribution >= 0.6 is 0 Å². The monoisotopic (exact) mass is 294 g/mol. The van der Waals surface area contributed by atoms with E-state index in [1.54, 1.807) is 19.1 Å². The van der Waals surface area contributed by atoms with E-state index in [4.69, 9.17) is 9.47 Å². The highest BCUT2D eigenvalue weighted by molar-refractivity contribution is 5.77. The van der Waals surface area contributed by atoms with Gasteiger partial charge in [-0.1, -0.05) is 32.6 Å². The first-order valence-corrected chi connectivity index (χ1v) is 7.08. The van der Waals surface area contributed by atoms with E-state index in [-0.39, 0.29) is 18.4 Å². The van der Waals surface area contributed by atoms with Gasteiger partial charge in [0.05, 0.1) is 13.2 Å². The van der Waals surface area contributed by atoms with Crippen molar-refractivity contribution in [3.8, 4) is 0 Å². The summed E-state index contributed by atoms with van der Waals surface area (Å²) in [5.74, 6) is -0.982. The lowest BCUT2D eigenvalue weighted by molar-refractivity contribution is -0.150. The fourth-order valence-corrected chi connectivity index (χ4v) is 2.37. The molecule has 0 saturated heterocycles. The van der Waals surface area contributed by atoms with Crippen molar-refractivity contribution < 1.29 is 18.7 Å². The summed E-state index contributed by atoms with van der Waals surface area (Å²) in [7, 11) is 0. The SMILES string of the molecule is C=C(OCC)C(C(=O)OCC)C(C)(C)c1ccc(F)cc1. The second-order valence-corrected chi connectivity index (χ2v) is 5.31. The third-order valence-electron chi connectivity index (χ3n) is 3.48. The minimum atomic E-state index is -0.650. The van der Waals surface area contributed by atoms with Crippen molar-refractivity contribution in [2.24, 2.45) is 5.92 Å². The number of rotatable bonds is 7. The molecule has 0 heterocycles. The van der Waals surface area contributed by atoms with Gasteiger partial charge in [0.15, 0.2) is 0 Å². The Kier molecular flexibility index (Phi) is 5.94. The maximum Gasteiger partial charge on any atom is 0.317 e. The van der Waals surface area contributed by atoms with E-state index in [0.717, 1.165) is 5.56 Å². The van der Waals surface area contributed by atoms with Crippen LogP contribution < -0.4 is 0 Å². The fraction of sp³-hybridized carbons (Fsp3) is 0.471. The number of ether oxygens (including phenoxy) is 2. The summed E-state index contributed by atoms with van der Waals surface area (Å²) in [4.78, 5) is 12.3. The minimum Gasteiger partial charge on any atom is -0.498 e. The molecule has 0 aliphatic carbocycles. The zero-order valence-corrected chi connectivity index (χ0v) is 13.1. The number of benzene rings is 1. The summed E-state index contributed by atoms with van der Waals surface area (Å²) >= 11 is 0. The van der Waals surface area contributed by atoms with Gasteiger partial charge >= 0.3 is 5.97 Å². The second kappa shape index (κ2) is 7.25. The van der Waals surface area contributed by atoms with E-state index in [9.17, 15) is 9.18 Å². The summed E-state index contributed by atoms with van der Waals surface area (Å²) in [6.45, 7) is 11.9. The fourth-order valence-electron chi connectivity index (χ4n) is 2.37. The molecule has 4 heteroatoms. The van der Waals surface area contributed by atoms with Crippen molar-refractivity contribution in [1.29, 1.82) is 0 Å². The summed E-state index contributed by atoms with van der Waals surface area (Å²) < 4.78 is 23.7. The zero-order chi connectivity index (χ0) is 16.0. The van der Waals surface area contributed by atoms with Gasteiger partial charge in [-0.15, -0.1) is 0 Å². The van der Waals surface area contributed by atoms with Crippen LogP contribution in [0.25, 0.3) is 0 Å². The van der Waals surface area contributed by atoms with Crippen LogP contribution in [0.5, 0.6) is 0 Å². The highest BCUT2D eigenvalue weighted by Crippen LogP contribution is 2.37. The van der Waals surface area contributed by atoms with E-state index in [0.29, 0.717) is 12.4 Å². The second-order valence-electron chi connectivity index (χ2n) is 5.31. The Bertz CT molecular complexity index is 473. The first kappa shape index (κ1) is 17.2. The van der Waals surface area contributed by atoms with E-state index < -0.39 is 11.3 Å². The third-order valence-corrected chi connectivity index (χ3v) is 3.48. The molecule has 3 nitrogen and oxygen atoms in total. The molecule has 21 heavy (non-hydrogen) atoms. The standard InChI is InChI=1S/C17H23FO3/c1-6-20-12(3)15(16(19)21-7-2)17(4,5)13-8-10-14(18)11-9-13/h8-11,15H,3,6-7H2,1-2,4-5H3. The molecule has 0 spiro atoms. The van der Waals surface area contributed by atoms with Gasteiger partial charge in [-0.2, -0.15) is 0 Å². The summed E-state index contributed by atoms with van der Waals surface area (Å²) in [5.41, 5.74) is 0.203. The normalized spacial score (nSPS) is 12.6. The molecular weight excluding hydrogens is 271 g/mol. The summed E-state index contributed by atoms with van der Waals surface area (Å²) in [6.07, 6.45) is 0. The van der Waals surface area contributed by atoms with E-state index in [1.807, 2.05) is 20.8 Å². The molecular formula is C17H23FO3. The number of halogens is 1. The molecule has 1 atom stereocenters. The van der Waals surface area contributed by atoms with Gasteiger partial charge in [0.25, 0.3) is 0 Å². The first-order valence-electron chi connectivity index (χ1n) is 7.08. The lowest BCUT2D eigenvalue weighted by atomic mass is 9.72. The molecule has 0 amide bonds. The highest BCUT2D eigenvalue weighted by Gasteiger charge is 2.40. The average molecular weight is 294 g/mol. The topological polar surface area (TPSA) is 35.5 Å². The number of carbonyl (C=O) groups excluding carboxylic acids is 1. The molecule has 0 aliphatic heterocycles. The number of hydrogen-bond acceptors (Lipinski definition) is 3. The van der Waals surface area contributed by atoms with E-state index in [2.05, 4.69) is 6.58 Å². The number of carbonyl (C=O) groups is 1. The van der Waals surface area contributed by atoms with Crippen LogP contribution in [0, 0.1) is 11.7 Å². The van der Waals surface area contributed by atoms with Crippen molar-refractivity contribution in [2.45, 2.75) is 33.1 Å². The number of esters is 1. The molecule has 0 aromatic heterocycles. The van der Waals surface area contributed by atoms with Gasteiger partial charge in [0.1, 0.15) is 17.5 Å². The van der Waals surface area contributed by atoms with Crippen LogP contribution in [0.4, 0.5) is 4.39 Å². The van der Waals surface area contributed by atoms with Gasteiger partial charge in [-0.3, -0.25) is 4.79 Å². The Morgan fingerprint density at radius 3 is 2.19 bits per heavy atom. The molecule has 0 bridgehead atoms.